The van der Waals surface area contributed by atoms with Crippen LogP contribution in [0.25, 0.3) is 10.8 Å². The maximum atomic E-state index is 6.04. The molecule has 0 fully saturated rings. The molecule has 0 bridgehead atoms. The summed E-state index contributed by atoms with van der Waals surface area (Å²) in [6.07, 6.45) is 1.59. The zero-order chi connectivity index (χ0) is 10.1. The smallest absolute Gasteiger partial charge is 0.221 e. The Kier molecular flexibility index (Phi) is 2.61. The first kappa shape index (κ1) is 9.74. The minimum atomic E-state index is 0.589. The highest BCUT2D eigenvalue weighted by Crippen LogP contribution is 2.34. The molecule has 4 heteroatoms. The topological polar surface area (TPSA) is 22.1 Å². The van der Waals surface area contributed by atoms with Crippen LogP contribution in [0, 0.1) is 0 Å². The fraction of sp³-hybridized carbons (Fsp3) is 0.100. The average molecular weight is 273 g/mol. The van der Waals surface area contributed by atoms with E-state index in [2.05, 4.69) is 20.9 Å². The van der Waals surface area contributed by atoms with Gasteiger partial charge in [0.25, 0.3) is 0 Å². The summed E-state index contributed by atoms with van der Waals surface area (Å²) in [5.41, 5.74) is 0. The number of halogens is 2. The van der Waals surface area contributed by atoms with Crippen LogP contribution in [0.2, 0.25) is 5.02 Å². The predicted octanol–water partition coefficient (Wildman–Crippen LogP) is 3.66. The van der Waals surface area contributed by atoms with Crippen LogP contribution in [0.3, 0.4) is 0 Å². The number of nitrogens with zero attached hydrogens (tertiary/aromatic N) is 1. The normalized spacial score (nSPS) is 10.5. The van der Waals surface area contributed by atoms with Gasteiger partial charge in [-0.3, -0.25) is 0 Å². The number of rotatable bonds is 1. The van der Waals surface area contributed by atoms with Gasteiger partial charge < -0.3 is 4.74 Å². The van der Waals surface area contributed by atoms with Crippen LogP contribution >= 0.6 is 27.5 Å². The second-order valence-corrected chi connectivity index (χ2v) is 4.04. The van der Waals surface area contributed by atoms with Crippen molar-refractivity contribution in [2.75, 3.05) is 7.11 Å². The summed E-state index contributed by atoms with van der Waals surface area (Å²) >= 11 is 9.49. The predicted molar refractivity (Wildman–Crippen MR) is 61.0 cm³/mol. The lowest BCUT2D eigenvalue weighted by atomic mass is 10.2. The van der Waals surface area contributed by atoms with E-state index in [0.29, 0.717) is 10.9 Å². The molecule has 0 aliphatic carbocycles. The molecule has 0 aliphatic rings. The number of fused-ring (bicyclic) bond motifs is 1. The number of hydrogen-bond acceptors (Lipinski definition) is 2. The van der Waals surface area contributed by atoms with Gasteiger partial charge in [-0.15, -0.1) is 0 Å². The lowest BCUT2D eigenvalue weighted by Gasteiger charge is -2.06. The fourth-order valence-corrected chi connectivity index (χ4v) is 2.30. The van der Waals surface area contributed by atoms with Gasteiger partial charge in [-0.25, -0.2) is 4.98 Å². The molecule has 0 spiro atoms. The van der Waals surface area contributed by atoms with Gasteiger partial charge in [0.05, 0.1) is 18.3 Å². The van der Waals surface area contributed by atoms with Crippen molar-refractivity contribution in [3.8, 4) is 5.88 Å². The van der Waals surface area contributed by atoms with E-state index in [1.54, 1.807) is 13.3 Å². The maximum Gasteiger partial charge on any atom is 0.221 e. The monoisotopic (exact) mass is 271 g/mol. The molecule has 0 saturated heterocycles. The van der Waals surface area contributed by atoms with E-state index in [9.17, 15) is 0 Å². The summed E-state index contributed by atoms with van der Waals surface area (Å²) in [5.74, 6) is 0.589. The van der Waals surface area contributed by atoms with Crippen LogP contribution in [0.4, 0.5) is 0 Å². The Morgan fingerprint density at radius 2 is 2.21 bits per heavy atom. The van der Waals surface area contributed by atoms with Crippen LogP contribution in [0.5, 0.6) is 5.88 Å². The molecule has 1 heterocycles. The Balaban J connectivity index is 2.91. The molecule has 72 valence electrons. The third-order valence-electron chi connectivity index (χ3n) is 1.97. The average Bonchev–Trinajstić information content (AvgIpc) is 2.18. The molecule has 0 amide bonds. The number of ether oxygens (including phenoxy) is 1. The van der Waals surface area contributed by atoms with E-state index in [-0.39, 0.29) is 0 Å². The molecular weight excluding hydrogens is 265 g/mol. The summed E-state index contributed by atoms with van der Waals surface area (Å²) < 4.78 is 6.09. The van der Waals surface area contributed by atoms with E-state index in [1.165, 1.54) is 0 Å². The molecule has 14 heavy (non-hydrogen) atoms. The fourth-order valence-electron chi connectivity index (χ4n) is 1.36. The van der Waals surface area contributed by atoms with E-state index in [4.69, 9.17) is 16.3 Å². The quantitative estimate of drug-likeness (QED) is 0.790. The summed E-state index contributed by atoms with van der Waals surface area (Å²) in [4.78, 5) is 4.09. The number of aromatic nitrogens is 1. The molecule has 0 N–H and O–H groups in total. The first-order valence-electron chi connectivity index (χ1n) is 4.00. The minimum absolute atomic E-state index is 0.589. The van der Waals surface area contributed by atoms with Gasteiger partial charge in [0.1, 0.15) is 0 Å². The van der Waals surface area contributed by atoms with Crippen LogP contribution in [0.1, 0.15) is 0 Å². The molecule has 0 aliphatic heterocycles. The molecule has 2 aromatic rings. The van der Waals surface area contributed by atoms with Crippen molar-refractivity contribution in [1.82, 2.24) is 4.98 Å². The van der Waals surface area contributed by atoms with Gasteiger partial charge in [-0.05, 0) is 12.1 Å². The SMILES string of the molecule is COc1ncc(Cl)c2c(Br)cccc12. The lowest BCUT2D eigenvalue weighted by Crippen LogP contribution is -1.89. The van der Waals surface area contributed by atoms with E-state index < -0.39 is 0 Å². The molecule has 0 unspecified atom stereocenters. The molecule has 2 rings (SSSR count). The summed E-state index contributed by atoms with van der Waals surface area (Å²) in [6.45, 7) is 0. The van der Waals surface area contributed by atoms with Crippen molar-refractivity contribution < 1.29 is 4.74 Å². The van der Waals surface area contributed by atoms with Crippen molar-refractivity contribution >= 4 is 38.3 Å². The molecular formula is C10H7BrClNO. The Labute approximate surface area is 95.0 Å². The number of hydrogen-bond donors (Lipinski definition) is 0. The number of benzene rings is 1. The van der Waals surface area contributed by atoms with Gasteiger partial charge in [-0.1, -0.05) is 33.6 Å². The molecule has 2 nitrogen and oxygen atoms in total. The zero-order valence-corrected chi connectivity index (χ0v) is 9.76. The number of methoxy groups -OCH3 is 1. The highest BCUT2D eigenvalue weighted by Gasteiger charge is 2.08. The minimum Gasteiger partial charge on any atom is -0.481 e. The van der Waals surface area contributed by atoms with Gasteiger partial charge in [-0.2, -0.15) is 0 Å². The second kappa shape index (κ2) is 3.75. The maximum absolute atomic E-state index is 6.04. The summed E-state index contributed by atoms with van der Waals surface area (Å²) in [7, 11) is 1.59. The Hall–Kier alpha value is -0.800. The zero-order valence-electron chi connectivity index (χ0n) is 7.42. The van der Waals surface area contributed by atoms with Crippen LogP contribution in [-0.4, -0.2) is 12.1 Å². The first-order chi connectivity index (χ1) is 6.74. The molecule has 1 aromatic heterocycles. The van der Waals surface area contributed by atoms with Crippen LogP contribution < -0.4 is 4.74 Å². The van der Waals surface area contributed by atoms with Gasteiger partial charge >= 0.3 is 0 Å². The highest BCUT2D eigenvalue weighted by atomic mass is 79.9. The summed E-state index contributed by atoms with van der Waals surface area (Å²) in [5, 5.41) is 2.46. The Morgan fingerprint density at radius 3 is 2.93 bits per heavy atom. The van der Waals surface area contributed by atoms with E-state index in [1.807, 2.05) is 18.2 Å². The third-order valence-corrected chi connectivity index (χ3v) is 2.92. The van der Waals surface area contributed by atoms with Crippen molar-refractivity contribution in [3.05, 3.63) is 33.9 Å². The van der Waals surface area contributed by atoms with Crippen molar-refractivity contribution in [1.29, 1.82) is 0 Å². The molecule has 1 aromatic carbocycles. The molecule has 0 atom stereocenters. The van der Waals surface area contributed by atoms with Gasteiger partial charge in [0.15, 0.2) is 0 Å². The first-order valence-corrected chi connectivity index (χ1v) is 5.18. The second-order valence-electron chi connectivity index (χ2n) is 2.78. The number of pyridine rings is 1. The standard InChI is InChI=1S/C10H7BrClNO/c1-14-10-6-3-2-4-7(11)9(6)8(12)5-13-10/h2-5H,1H3. The van der Waals surface area contributed by atoms with E-state index >= 15 is 0 Å². The summed E-state index contributed by atoms with van der Waals surface area (Å²) in [6, 6.07) is 5.79. The molecule has 0 saturated carbocycles. The van der Waals surface area contributed by atoms with Crippen molar-refractivity contribution in [2.45, 2.75) is 0 Å². The van der Waals surface area contributed by atoms with E-state index in [0.717, 1.165) is 15.2 Å². The molecule has 0 radical (unpaired) electrons. The van der Waals surface area contributed by atoms with Crippen molar-refractivity contribution in [3.63, 3.8) is 0 Å². The highest BCUT2D eigenvalue weighted by molar-refractivity contribution is 9.10. The van der Waals surface area contributed by atoms with Crippen LogP contribution in [-0.2, 0) is 0 Å². The van der Waals surface area contributed by atoms with Crippen molar-refractivity contribution in [2.24, 2.45) is 0 Å². The largest absolute Gasteiger partial charge is 0.481 e. The third kappa shape index (κ3) is 1.47. The van der Waals surface area contributed by atoms with Crippen LogP contribution in [0.15, 0.2) is 28.9 Å². The Bertz CT molecular complexity index is 479. The van der Waals surface area contributed by atoms with Gasteiger partial charge in [0.2, 0.25) is 5.88 Å². The van der Waals surface area contributed by atoms with Gasteiger partial charge in [0, 0.05) is 15.2 Å². The Morgan fingerprint density at radius 1 is 1.43 bits per heavy atom. The lowest BCUT2D eigenvalue weighted by molar-refractivity contribution is 0.403.